The first-order chi connectivity index (χ1) is 18.7. The number of aromatic nitrogens is 4. The number of anilines is 1. The lowest BCUT2D eigenvalue weighted by Crippen LogP contribution is -2.47. The molecule has 12 nitrogen and oxygen atoms in total. The van der Waals surface area contributed by atoms with Gasteiger partial charge in [-0.05, 0) is 44.4 Å². The van der Waals surface area contributed by atoms with Crippen molar-refractivity contribution in [3.63, 3.8) is 0 Å². The molecule has 0 radical (unpaired) electrons. The highest BCUT2D eigenvalue weighted by Crippen LogP contribution is 2.51. The molecule has 2 aromatic heterocycles. The summed E-state index contributed by atoms with van der Waals surface area (Å²) in [5.41, 5.74) is -2.07. The van der Waals surface area contributed by atoms with Crippen LogP contribution in [0.4, 0.5) is 10.2 Å². The monoisotopic (exact) mass is 541 g/mol. The highest BCUT2D eigenvalue weighted by Gasteiger charge is 2.52. The van der Waals surface area contributed by atoms with Gasteiger partial charge in [-0.2, -0.15) is 14.4 Å². The van der Waals surface area contributed by atoms with Crippen LogP contribution >= 0.6 is 0 Å². The Balaban J connectivity index is 1.19. The third-order valence-electron chi connectivity index (χ3n) is 8.62. The van der Waals surface area contributed by atoms with Gasteiger partial charge in [0.25, 0.3) is 5.91 Å². The third kappa shape index (κ3) is 4.41. The minimum Gasteiger partial charge on any atom is -0.461 e. The van der Waals surface area contributed by atoms with Crippen molar-refractivity contribution < 1.29 is 38.1 Å². The Kier molecular flexibility index (Phi) is 6.27. The number of hydrogen-bond donors (Lipinski definition) is 2. The number of carbonyl (C=O) groups is 3. The first-order valence-electron chi connectivity index (χ1n) is 13.1. The van der Waals surface area contributed by atoms with Gasteiger partial charge in [-0.3, -0.25) is 19.0 Å². The smallest absolute Gasteiger partial charge is 0.312 e. The number of rotatable bonds is 6. The van der Waals surface area contributed by atoms with Crippen LogP contribution in [0.2, 0.25) is 0 Å². The van der Waals surface area contributed by atoms with Gasteiger partial charge in [0.1, 0.15) is 18.9 Å². The van der Waals surface area contributed by atoms with E-state index in [4.69, 9.17) is 20.6 Å². The summed E-state index contributed by atoms with van der Waals surface area (Å²) < 4.78 is 32.5. The number of ether oxygens (including phenoxy) is 3. The number of aliphatic hydroxyl groups is 1. The summed E-state index contributed by atoms with van der Waals surface area (Å²) in [6, 6.07) is 0. The average Bonchev–Trinajstić information content (AvgIpc) is 3.65. The van der Waals surface area contributed by atoms with E-state index >= 15 is 0 Å². The molecule has 0 aromatic carbocycles. The summed E-state index contributed by atoms with van der Waals surface area (Å²) in [5, 5.41) is 13.3. The second kappa shape index (κ2) is 9.53. The van der Waals surface area contributed by atoms with E-state index in [-0.39, 0.29) is 48.8 Å². The predicted octanol–water partition coefficient (Wildman–Crippen LogP) is 1.77. The van der Waals surface area contributed by atoms with Crippen molar-refractivity contribution in [1.82, 2.24) is 19.5 Å². The van der Waals surface area contributed by atoms with E-state index < -0.39 is 47.4 Å². The van der Waals surface area contributed by atoms with Crippen LogP contribution < -0.4 is 5.32 Å². The summed E-state index contributed by atoms with van der Waals surface area (Å²) >= 11 is 0. The van der Waals surface area contributed by atoms with Gasteiger partial charge >= 0.3 is 18.0 Å². The van der Waals surface area contributed by atoms with Crippen LogP contribution in [0.1, 0.15) is 64.0 Å². The van der Waals surface area contributed by atoms with E-state index in [9.17, 15) is 23.9 Å². The van der Waals surface area contributed by atoms with Gasteiger partial charge in [0.05, 0.1) is 11.7 Å². The van der Waals surface area contributed by atoms with E-state index in [2.05, 4.69) is 26.2 Å². The largest absolute Gasteiger partial charge is 0.461 e. The molecule has 3 saturated carbocycles. The van der Waals surface area contributed by atoms with Crippen LogP contribution in [0.3, 0.4) is 0 Å². The van der Waals surface area contributed by atoms with E-state index in [1.807, 2.05) is 0 Å². The molecule has 13 heteroatoms. The minimum absolute atomic E-state index is 0.00856. The fourth-order valence-electron chi connectivity index (χ4n) is 6.20. The Morgan fingerprint density at radius 1 is 1.26 bits per heavy atom. The SMILES string of the molecule is C#C[C@]1(COC(=O)C23CCC(CC2)CC3)O[C@@H](n2cnc3c(NC(=O)[C@H]4CCC(=O)O4)nc(F)nc32)C[C@@H]1O. The van der Waals surface area contributed by atoms with Crippen LogP contribution in [-0.2, 0) is 28.6 Å². The van der Waals surface area contributed by atoms with E-state index in [1.165, 1.54) is 10.9 Å². The molecule has 39 heavy (non-hydrogen) atoms. The first kappa shape index (κ1) is 25.6. The van der Waals surface area contributed by atoms with Crippen molar-refractivity contribution >= 4 is 34.8 Å². The number of cyclic esters (lactones) is 1. The van der Waals surface area contributed by atoms with Gasteiger partial charge in [-0.25, -0.2) is 4.98 Å². The molecule has 2 aromatic rings. The van der Waals surface area contributed by atoms with Crippen molar-refractivity contribution in [2.75, 3.05) is 11.9 Å². The normalized spacial score (nSPS) is 33.6. The zero-order valence-corrected chi connectivity index (χ0v) is 21.1. The first-order valence-corrected chi connectivity index (χ1v) is 13.1. The number of hydrogen-bond acceptors (Lipinski definition) is 10. The molecule has 5 fully saturated rings. The number of amides is 1. The standard InChI is InChI=1S/C26H28FN5O7/c1-2-26(12-37-23(36)25-8-5-14(6-9-25)7-10-25)16(33)11-17(39-26)32-13-28-19-20(30-24(27)31-21(19)32)29-22(35)15-3-4-18(34)38-15/h1,13-17,33H,3-12H2,(H,29,30,31,35)/t14?,15-,16+,17-,25?,26-/m1/s1. The molecule has 3 aliphatic carbocycles. The molecular formula is C26H28FN5O7. The highest BCUT2D eigenvalue weighted by molar-refractivity contribution is 6.00. The number of halogens is 1. The molecule has 4 atom stereocenters. The molecule has 0 spiro atoms. The molecule has 7 rings (SSSR count). The van der Waals surface area contributed by atoms with E-state index in [1.54, 1.807) is 0 Å². The zero-order valence-electron chi connectivity index (χ0n) is 21.1. The second-order valence-corrected chi connectivity index (χ2v) is 10.9. The summed E-state index contributed by atoms with van der Waals surface area (Å²) in [7, 11) is 0. The lowest BCUT2D eigenvalue weighted by atomic mass is 9.61. The lowest BCUT2D eigenvalue weighted by Gasteiger charge is -2.44. The van der Waals surface area contributed by atoms with Gasteiger partial charge in [-0.15, -0.1) is 6.42 Å². The Morgan fingerprint density at radius 2 is 2.00 bits per heavy atom. The summed E-state index contributed by atoms with van der Waals surface area (Å²) in [5.74, 6) is 1.46. The molecule has 0 unspecified atom stereocenters. The van der Waals surface area contributed by atoms with Gasteiger partial charge < -0.3 is 24.6 Å². The predicted molar refractivity (Wildman–Crippen MR) is 130 cm³/mol. The minimum atomic E-state index is -1.62. The third-order valence-corrected chi connectivity index (χ3v) is 8.62. The number of imidazole rings is 1. The number of nitrogens with zero attached hydrogens (tertiary/aromatic N) is 4. The molecule has 2 N–H and O–H groups in total. The fraction of sp³-hybridized carbons (Fsp3) is 0.615. The number of nitrogens with one attached hydrogen (secondary N) is 1. The number of carbonyl (C=O) groups excluding carboxylic acids is 3. The van der Waals surface area contributed by atoms with E-state index in [0.29, 0.717) is 5.92 Å². The molecule has 4 heterocycles. The average molecular weight is 542 g/mol. The van der Waals surface area contributed by atoms with Gasteiger partial charge in [0, 0.05) is 19.3 Å². The molecule has 2 bridgehead atoms. The van der Waals surface area contributed by atoms with Crippen LogP contribution in [0.5, 0.6) is 0 Å². The molecule has 5 aliphatic rings. The van der Waals surface area contributed by atoms with E-state index in [0.717, 1.165) is 38.5 Å². The maximum absolute atomic E-state index is 14.4. The maximum Gasteiger partial charge on any atom is 0.312 e. The van der Waals surface area contributed by atoms with Crippen molar-refractivity contribution in [3.8, 4) is 12.3 Å². The van der Waals surface area contributed by atoms with Crippen LogP contribution in [0.25, 0.3) is 11.2 Å². The van der Waals surface area contributed by atoms with Crippen molar-refractivity contribution in [1.29, 1.82) is 0 Å². The lowest BCUT2D eigenvalue weighted by molar-refractivity contribution is -0.173. The maximum atomic E-state index is 14.4. The van der Waals surface area contributed by atoms with Crippen molar-refractivity contribution in [2.24, 2.45) is 11.3 Å². The van der Waals surface area contributed by atoms with Gasteiger partial charge in [0.15, 0.2) is 28.7 Å². The van der Waals surface area contributed by atoms with Crippen molar-refractivity contribution in [2.45, 2.75) is 81.8 Å². The fourth-order valence-corrected chi connectivity index (χ4v) is 6.20. The number of esters is 2. The second-order valence-electron chi connectivity index (χ2n) is 10.9. The van der Waals surface area contributed by atoms with Crippen LogP contribution in [0, 0.1) is 29.8 Å². The number of aliphatic hydroxyl groups excluding tert-OH is 1. The summed E-state index contributed by atoms with van der Waals surface area (Å²) in [4.78, 5) is 48.6. The highest BCUT2D eigenvalue weighted by atomic mass is 19.1. The summed E-state index contributed by atoms with van der Waals surface area (Å²) in [6.45, 7) is -0.331. The molecule has 2 saturated heterocycles. The van der Waals surface area contributed by atoms with Crippen molar-refractivity contribution in [3.05, 3.63) is 12.4 Å². The number of terminal acetylenes is 1. The van der Waals surface area contributed by atoms with Gasteiger partial charge in [-0.1, -0.05) is 5.92 Å². The summed E-state index contributed by atoms with van der Waals surface area (Å²) in [6.07, 6.45) is 8.52. The van der Waals surface area contributed by atoms with Crippen LogP contribution in [-0.4, -0.2) is 66.9 Å². The Hall–Kier alpha value is -3.63. The molecule has 1 amide bonds. The quantitative estimate of drug-likeness (QED) is 0.314. The zero-order chi connectivity index (χ0) is 27.4. The molecule has 206 valence electrons. The van der Waals surface area contributed by atoms with Crippen LogP contribution in [0.15, 0.2) is 6.33 Å². The Labute approximate surface area is 222 Å². The Morgan fingerprint density at radius 3 is 2.67 bits per heavy atom. The molecule has 2 aliphatic heterocycles. The Bertz CT molecular complexity index is 1370. The van der Waals surface area contributed by atoms with Gasteiger partial charge in [0.2, 0.25) is 0 Å². The molecular weight excluding hydrogens is 513 g/mol. The topological polar surface area (TPSA) is 155 Å². The number of fused-ring (bicyclic) bond motifs is 4.